The summed E-state index contributed by atoms with van der Waals surface area (Å²) in [6, 6.07) is 3.24. The Morgan fingerprint density at radius 2 is 1.92 bits per heavy atom. The van der Waals surface area contributed by atoms with E-state index in [4.69, 9.17) is 4.42 Å². The molecule has 1 aliphatic carbocycles. The maximum Gasteiger partial charge on any atom is 0.299 e. The van der Waals surface area contributed by atoms with E-state index in [-0.39, 0.29) is 5.65 Å². The Labute approximate surface area is 139 Å². The SMILES string of the molecule is FC(F)c1nnc2ccc(Sc3nnc(C4CCCCC4)o3)nn12. The third-order valence-corrected chi connectivity index (χ3v) is 4.79. The van der Waals surface area contributed by atoms with E-state index in [1.54, 1.807) is 12.1 Å². The summed E-state index contributed by atoms with van der Waals surface area (Å²) in [6.07, 6.45) is 3.00. The molecule has 24 heavy (non-hydrogen) atoms. The van der Waals surface area contributed by atoms with Crippen molar-refractivity contribution in [3.05, 3.63) is 23.8 Å². The van der Waals surface area contributed by atoms with Gasteiger partial charge in [-0.3, -0.25) is 0 Å². The number of hydrogen-bond donors (Lipinski definition) is 0. The second-order valence-electron chi connectivity index (χ2n) is 5.64. The van der Waals surface area contributed by atoms with Crippen LogP contribution in [-0.4, -0.2) is 30.0 Å². The summed E-state index contributed by atoms with van der Waals surface area (Å²) < 4.78 is 32.5. The molecule has 126 valence electrons. The van der Waals surface area contributed by atoms with E-state index in [1.165, 1.54) is 19.3 Å². The molecule has 0 radical (unpaired) electrons. The maximum absolute atomic E-state index is 12.9. The Balaban J connectivity index is 1.55. The van der Waals surface area contributed by atoms with Gasteiger partial charge in [-0.05, 0) is 36.7 Å². The Morgan fingerprint density at radius 1 is 1.08 bits per heavy atom. The summed E-state index contributed by atoms with van der Waals surface area (Å²) in [5.74, 6) is 0.482. The van der Waals surface area contributed by atoms with Crippen molar-refractivity contribution in [3.8, 4) is 0 Å². The first kappa shape index (κ1) is 15.4. The van der Waals surface area contributed by atoms with E-state index in [0.29, 0.717) is 22.1 Å². The van der Waals surface area contributed by atoms with Gasteiger partial charge >= 0.3 is 0 Å². The molecule has 1 saturated carbocycles. The summed E-state index contributed by atoms with van der Waals surface area (Å²) in [6.45, 7) is 0. The van der Waals surface area contributed by atoms with Crippen LogP contribution in [-0.2, 0) is 0 Å². The van der Waals surface area contributed by atoms with Crippen LogP contribution in [0.3, 0.4) is 0 Å². The molecular weight excluding hydrogens is 338 g/mol. The van der Waals surface area contributed by atoms with Crippen molar-refractivity contribution in [3.63, 3.8) is 0 Å². The fraction of sp³-hybridized carbons (Fsp3) is 0.500. The van der Waals surface area contributed by atoms with E-state index in [1.807, 2.05) is 0 Å². The molecule has 3 aromatic rings. The summed E-state index contributed by atoms with van der Waals surface area (Å²) >= 11 is 1.14. The number of hydrogen-bond acceptors (Lipinski definition) is 7. The van der Waals surface area contributed by atoms with Crippen molar-refractivity contribution in [1.29, 1.82) is 0 Å². The lowest BCUT2D eigenvalue weighted by Gasteiger charge is -2.17. The van der Waals surface area contributed by atoms with Crippen LogP contribution < -0.4 is 0 Å². The van der Waals surface area contributed by atoms with Crippen LogP contribution >= 0.6 is 11.8 Å². The summed E-state index contributed by atoms with van der Waals surface area (Å²) in [4.78, 5) is 0. The largest absolute Gasteiger partial charge is 0.415 e. The summed E-state index contributed by atoms with van der Waals surface area (Å²) in [5, 5.41) is 20.2. The molecular formula is C14H14F2N6OS. The third kappa shape index (κ3) is 2.97. The molecule has 0 saturated heterocycles. The minimum atomic E-state index is -2.74. The minimum absolute atomic E-state index is 0.267. The molecule has 0 spiro atoms. The second-order valence-corrected chi connectivity index (χ2v) is 6.62. The summed E-state index contributed by atoms with van der Waals surface area (Å²) in [7, 11) is 0. The quantitative estimate of drug-likeness (QED) is 0.709. The number of aromatic nitrogens is 6. The molecule has 1 fully saturated rings. The lowest BCUT2D eigenvalue weighted by Crippen LogP contribution is -2.04. The van der Waals surface area contributed by atoms with Crippen molar-refractivity contribution in [2.75, 3.05) is 0 Å². The molecule has 3 heterocycles. The molecule has 0 unspecified atom stereocenters. The predicted octanol–water partition coefficient (Wildman–Crippen LogP) is 3.64. The van der Waals surface area contributed by atoms with Crippen molar-refractivity contribution < 1.29 is 13.2 Å². The van der Waals surface area contributed by atoms with Gasteiger partial charge in [-0.15, -0.1) is 20.4 Å². The second kappa shape index (κ2) is 6.42. The van der Waals surface area contributed by atoms with Crippen LogP contribution in [0, 0.1) is 0 Å². The van der Waals surface area contributed by atoms with E-state index in [9.17, 15) is 8.78 Å². The predicted molar refractivity (Wildman–Crippen MR) is 80.0 cm³/mol. The van der Waals surface area contributed by atoms with Crippen LogP contribution in [0.5, 0.6) is 0 Å². The number of fused-ring (bicyclic) bond motifs is 1. The molecule has 3 aromatic heterocycles. The highest BCUT2D eigenvalue weighted by Gasteiger charge is 2.22. The van der Waals surface area contributed by atoms with Gasteiger partial charge in [-0.1, -0.05) is 19.3 Å². The molecule has 0 N–H and O–H groups in total. The first-order valence-corrected chi connectivity index (χ1v) is 8.54. The van der Waals surface area contributed by atoms with Crippen molar-refractivity contribution in [1.82, 2.24) is 30.0 Å². The van der Waals surface area contributed by atoms with Gasteiger partial charge in [0.25, 0.3) is 11.6 Å². The monoisotopic (exact) mass is 352 g/mol. The molecule has 0 aliphatic heterocycles. The Kier molecular flexibility index (Phi) is 4.13. The van der Waals surface area contributed by atoms with Crippen molar-refractivity contribution >= 4 is 17.4 Å². The highest BCUT2D eigenvalue weighted by Crippen LogP contribution is 2.34. The van der Waals surface area contributed by atoms with Crippen LogP contribution in [0.15, 0.2) is 26.8 Å². The fourth-order valence-corrected chi connectivity index (χ4v) is 3.49. The van der Waals surface area contributed by atoms with E-state index in [0.717, 1.165) is 29.1 Å². The average Bonchev–Trinajstić information content (AvgIpc) is 3.22. The standard InChI is InChI=1S/C14H14F2N6OS/c15-11(16)12-18-17-9-6-7-10(21-22(9)12)24-14-20-19-13(23-14)8-4-2-1-3-5-8/h6-8,11H,1-5H2. The summed E-state index contributed by atoms with van der Waals surface area (Å²) in [5.41, 5.74) is 0.267. The van der Waals surface area contributed by atoms with Crippen molar-refractivity contribution in [2.45, 2.75) is 54.7 Å². The van der Waals surface area contributed by atoms with E-state index < -0.39 is 12.2 Å². The number of rotatable bonds is 4. The molecule has 0 amide bonds. The van der Waals surface area contributed by atoms with Gasteiger partial charge in [-0.2, -0.15) is 9.61 Å². The molecule has 0 aromatic carbocycles. The van der Waals surface area contributed by atoms with Gasteiger partial charge < -0.3 is 4.42 Å². The van der Waals surface area contributed by atoms with Gasteiger partial charge in [0.05, 0.1) is 0 Å². The highest BCUT2D eigenvalue weighted by molar-refractivity contribution is 7.99. The normalized spacial score (nSPS) is 16.3. The first-order valence-electron chi connectivity index (χ1n) is 7.72. The lowest BCUT2D eigenvalue weighted by molar-refractivity contribution is 0.137. The highest BCUT2D eigenvalue weighted by atomic mass is 32.2. The van der Waals surface area contributed by atoms with E-state index in [2.05, 4.69) is 25.5 Å². The zero-order valence-electron chi connectivity index (χ0n) is 12.6. The van der Waals surface area contributed by atoms with Gasteiger partial charge in [0.15, 0.2) is 5.65 Å². The van der Waals surface area contributed by atoms with Crippen LogP contribution in [0.1, 0.15) is 56.2 Å². The molecule has 4 rings (SSSR count). The molecule has 7 nitrogen and oxygen atoms in total. The molecule has 1 aliphatic rings. The number of halogens is 2. The van der Waals surface area contributed by atoms with Crippen LogP contribution in [0.2, 0.25) is 0 Å². The lowest BCUT2D eigenvalue weighted by atomic mass is 9.89. The van der Waals surface area contributed by atoms with Gasteiger partial charge in [0.2, 0.25) is 11.7 Å². The van der Waals surface area contributed by atoms with Gasteiger partial charge in [0.1, 0.15) is 5.03 Å². The van der Waals surface area contributed by atoms with Crippen LogP contribution in [0.4, 0.5) is 8.78 Å². The molecule has 0 bridgehead atoms. The van der Waals surface area contributed by atoms with Crippen molar-refractivity contribution in [2.24, 2.45) is 0 Å². The average molecular weight is 352 g/mol. The van der Waals surface area contributed by atoms with Gasteiger partial charge in [-0.25, -0.2) is 8.78 Å². The fourth-order valence-electron chi connectivity index (χ4n) is 2.84. The number of nitrogens with zero attached hydrogens (tertiary/aromatic N) is 6. The van der Waals surface area contributed by atoms with Crippen LogP contribution in [0.25, 0.3) is 5.65 Å². The zero-order valence-corrected chi connectivity index (χ0v) is 13.4. The third-order valence-electron chi connectivity index (χ3n) is 4.03. The molecule has 10 heteroatoms. The Hall–Kier alpha value is -2.10. The Morgan fingerprint density at radius 3 is 2.71 bits per heavy atom. The van der Waals surface area contributed by atoms with E-state index >= 15 is 0 Å². The molecule has 0 atom stereocenters. The van der Waals surface area contributed by atoms with Gasteiger partial charge in [0, 0.05) is 5.92 Å². The number of alkyl halides is 2. The smallest absolute Gasteiger partial charge is 0.299 e. The Bertz CT molecular complexity index is 845. The first-order chi connectivity index (χ1) is 11.7. The minimum Gasteiger partial charge on any atom is -0.415 e. The zero-order chi connectivity index (χ0) is 16.5. The maximum atomic E-state index is 12.9. The topological polar surface area (TPSA) is 82.0 Å².